The number of imidazole rings is 1. The summed E-state index contributed by atoms with van der Waals surface area (Å²) >= 11 is 0. The van der Waals surface area contributed by atoms with Gasteiger partial charge in [0, 0.05) is 44.5 Å². The third-order valence-electron chi connectivity index (χ3n) is 6.14. The van der Waals surface area contributed by atoms with Gasteiger partial charge in [0.1, 0.15) is 11.9 Å². The van der Waals surface area contributed by atoms with Crippen LogP contribution in [0.15, 0.2) is 35.7 Å². The number of hydrogen-bond donors (Lipinski definition) is 3. The summed E-state index contributed by atoms with van der Waals surface area (Å²) in [6.07, 6.45) is 2.22. The fourth-order valence-electron chi connectivity index (χ4n) is 3.98. The number of amides is 3. The van der Waals surface area contributed by atoms with Crippen molar-refractivity contribution in [3.05, 3.63) is 36.3 Å². The van der Waals surface area contributed by atoms with Gasteiger partial charge in [0.2, 0.25) is 0 Å². The molecule has 3 rings (SSSR count). The maximum Gasteiger partial charge on any atom is 0.319 e. The molecule has 0 spiro atoms. The van der Waals surface area contributed by atoms with Crippen LogP contribution in [0.1, 0.15) is 38.1 Å². The summed E-state index contributed by atoms with van der Waals surface area (Å²) in [4.78, 5) is 31.2. The smallest absolute Gasteiger partial charge is 0.319 e. The first-order valence-electron chi connectivity index (χ1n) is 12.1. The summed E-state index contributed by atoms with van der Waals surface area (Å²) in [5.41, 5.74) is 0.597. The first-order chi connectivity index (χ1) is 17.3. The number of nitrogens with one attached hydrogen (secondary N) is 2. The highest BCUT2D eigenvalue weighted by Gasteiger charge is 2.35. The fraction of sp³-hybridized carbons (Fsp3) is 0.542. The number of aromatic nitrogens is 2. The minimum Gasteiger partial charge on any atom is -0.488 e. The van der Waals surface area contributed by atoms with Crippen LogP contribution >= 0.6 is 0 Å². The molecule has 0 radical (unpaired) electrons. The van der Waals surface area contributed by atoms with Crippen molar-refractivity contribution >= 4 is 27.6 Å². The van der Waals surface area contributed by atoms with Crippen LogP contribution in [0.3, 0.4) is 0 Å². The first kappa shape index (κ1) is 28.4. The van der Waals surface area contributed by atoms with Gasteiger partial charge in [-0.3, -0.25) is 4.79 Å². The van der Waals surface area contributed by atoms with Crippen LogP contribution in [-0.2, 0) is 17.1 Å². The van der Waals surface area contributed by atoms with Gasteiger partial charge in [0.05, 0.1) is 31.1 Å². The number of fused-ring (bicyclic) bond motifs is 1. The zero-order chi connectivity index (χ0) is 27.5. The number of anilines is 1. The molecule has 0 fully saturated rings. The number of carbonyl (C=O) groups excluding carboxylic acids is 2. The molecule has 2 heterocycles. The van der Waals surface area contributed by atoms with Gasteiger partial charge in [0.25, 0.3) is 15.9 Å². The summed E-state index contributed by atoms with van der Waals surface area (Å²) in [7, 11) is -0.724. The molecule has 1 aromatic heterocycles. The number of carbonyl (C=O) groups is 2. The summed E-state index contributed by atoms with van der Waals surface area (Å²) in [5, 5.41) is 15.2. The van der Waals surface area contributed by atoms with E-state index in [1.54, 1.807) is 35.6 Å². The Morgan fingerprint density at radius 2 is 2.03 bits per heavy atom. The Hall–Kier alpha value is -3.16. The lowest BCUT2D eigenvalue weighted by Crippen LogP contribution is -2.50. The van der Waals surface area contributed by atoms with Crippen LogP contribution in [0.4, 0.5) is 10.5 Å². The topological polar surface area (TPSA) is 146 Å². The van der Waals surface area contributed by atoms with Gasteiger partial charge in [-0.2, -0.15) is 4.31 Å². The molecular formula is C24H36N6O6S. The second-order valence-corrected chi connectivity index (χ2v) is 11.7. The average molecular weight is 537 g/mol. The number of hydrogen-bond acceptors (Lipinski definition) is 7. The molecule has 0 unspecified atom stereocenters. The highest BCUT2D eigenvalue weighted by molar-refractivity contribution is 7.89. The molecule has 3 N–H and O–H groups in total. The summed E-state index contributed by atoms with van der Waals surface area (Å²) < 4.78 is 35.1. The van der Waals surface area contributed by atoms with Gasteiger partial charge in [-0.15, -0.1) is 0 Å². The molecule has 1 aromatic carbocycles. The van der Waals surface area contributed by atoms with Crippen LogP contribution in [0.25, 0.3) is 0 Å². The number of urea groups is 1. The Labute approximate surface area is 217 Å². The number of aryl methyl sites for hydroxylation is 1. The molecule has 0 bridgehead atoms. The molecule has 0 saturated heterocycles. The summed E-state index contributed by atoms with van der Waals surface area (Å²) in [5.74, 6) is -0.374. The zero-order valence-corrected chi connectivity index (χ0v) is 22.8. The van der Waals surface area contributed by atoms with E-state index in [4.69, 9.17) is 4.74 Å². The fourth-order valence-corrected chi connectivity index (χ4v) is 5.12. The van der Waals surface area contributed by atoms with Gasteiger partial charge in [0.15, 0.2) is 5.03 Å². The minimum absolute atomic E-state index is 0.00580. The number of aliphatic hydroxyl groups excluding tert-OH is 1. The van der Waals surface area contributed by atoms with Gasteiger partial charge >= 0.3 is 6.03 Å². The van der Waals surface area contributed by atoms with Crippen molar-refractivity contribution in [2.75, 3.05) is 32.1 Å². The number of sulfonamides is 1. The number of likely N-dealkylation sites (N-methyl/N-ethyl adjacent to an activating group) is 1. The van der Waals surface area contributed by atoms with Gasteiger partial charge < -0.3 is 29.9 Å². The summed E-state index contributed by atoms with van der Waals surface area (Å²) in [6.45, 7) is 7.25. The van der Waals surface area contributed by atoms with E-state index in [2.05, 4.69) is 15.6 Å². The van der Waals surface area contributed by atoms with E-state index in [0.29, 0.717) is 5.69 Å². The van der Waals surface area contributed by atoms with Crippen molar-refractivity contribution in [1.82, 2.24) is 24.1 Å². The van der Waals surface area contributed by atoms with Crippen LogP contribution < -0.4 is 15.4 Å². The van der Waals surface area contributed by atoms with Gasteiger partial charge in [-0.25, -0.2) is 18.2 Å². The van der Waals surface area contributed by atoms with E-state index in [0.717, 1.165) is 0 Å². The molecule has 0 saturated carbocycles. The predicted octanol–water partition coefficient (Wildman–Crippen LogP) is 1.49. The Bertz CT molecular complexity index is 1230. The maximum absolute atomic E-state index is 13.5. The van der Waals surface area contributed by atoms with Crippen molar-refractivity contribution < 1.29 is 27.9 Å². The second-order valence-electron chi connectivity index (χ2n) is 9.75. The zero-order valence-electron chi connectivity index (χ0n) is 22.0. The lowest BCUT2D eigenvalue weighted by Gasteiger charge is -2.38. The van der Waals surface area contributed by atoms with Crippen molar-refractivity contribution in [3.63, 3.8) is 0 Å². The van der Waals surface area contributed by atoms with E-state index in [9.17, 15) is 23.1 Å². The van der Waals surface area contributed by atoms with Crippen molar-refractivity contribution in [1.29, 1.82) is 0 Å². The van der Waals surface area contributed by atoms with Crippen molar-refractivity contribution in [3.8, 4) is 5.75 Å². The molecule has 204 valence electrons. The first-order valence-corrected chi connectivity index (χ1v) is 13.5. The number of benzene rings is 1. The molecule has 3 amide bonds. The monoisotopic (exact) mass is 536 g/mol. The number of rotatable bonds is 8. The van der Waals surface area contributed by atoms with Crippen LogP contribution in [0, 0.1) is 5.92 Å². The molecular weight excluding hydrogens is 500 g/mol. The lowest BCUT2D eigenvalue weighted by molar-refractivity contribution is 0.0387. The largest absolute Gasteiger partial charge is 0.488 e. The van der Waals surface area contributed by atoms with E-state index in [1.807, 2.05) is 20.8 Å². The Balaban J connectivity index is 1.95. The molecule has 0 aliphatic carbocycles. The third kappa shape index (κ3) is 6.59. The Kier molecular flexibility index (Phi) is 8.82. The lowest BCUT2D eigenvalue weighted by atomic mass is 9.99. The second kappa shape index (κ2) is 11.5. The van der Waals surface area contributed by atoms with Crippen LogP contribution in [0.5, 0.6) is 5.75 Å². The predicted molar refractivity (Wildman–Crippen MR) is 138 cm³/mol. The normalized spacial score (nSPS) is 19.2. The molecule has 1 aliphatic rings. The maximum atomic E-state index is 13.5. The molecule has 1 aliphatic heterocycles. The Morgan fingerprint density at radius 3 is 2.62 bits per heavy atom. The SMILES string of the molecule is CC(C)NC(=O)Nc1ccc2c(c1)C(=O)N([C@H](C)CO)C[C@@H](C)[C@@H](CN(C)S(=O)(=O)c1cn(C)cn1)O2. The highest BCUT2D eigenvalue weighted by atomic mass is 32.2. The Morgan fingerprint density at radius 1 is 1.32 bits per heavy atom. The highest BCUT2D eigenvalue weighted by Crippen LogP contribution is 2.31. The quantitative estimate of drug-likeness (QED) is 0.463. The molecule has 3 atom stereocenters. The third-order valence-corrected chi connectivity index (χ3v) is 7.84. The number of aliphatic hydroxyl groups is 1. The van der Waals surface area contributed by atoms with Crippen molar-refractivity contribution in [2.24, 2.45) is 13.0 Å². The average Bonchev–Trinajstić information content (AvgIpc) is 3.27. The summed E-state index contributed by atoms with van der Waals surface area (Å²) in [6, 6.07) is 3.74. The van der Waals surface area contributed by atoms with E-state index in [1.165, 1.54) is 29.9 Å². The molecule has 2 aromatic rings. The van der Waals surface area contributed by atoms with Crippen molar-refractivity contribution in [2.45, 2.75) is 50.9 Å². The van der Waals surface area contributed by atoms with Gasteiger partial charge in [-0.05, 0) is 39.0 Å². The van der Waals surface area contributed by atoms with Crippen LogP contribution in [-0.4, -0.2) is 89.2 Å². The standard InChI is InChI=1S/C24H36N6O6S/c1-15(2)26-24(33)27-18-7-8-20-19(9-18)23(32)30(17(4)13-31)10-16(3)21(36-20)11-29(6)37(34,35)22-12-28(5)14-25-22/h7-9,12,14-17,21,31H,10-11,13H2,1-6H3,(H2,26,27,33)/t16-,17-,21-/m1/s1. The van der Waals surface area contributed by atoms with E-state index < -0.39 is 28.2 Å². The molecule has 12 nitrogen and oxygen atoms in total. The van der Waals surface area contributed by atoms with Gasteiger partial charge in [-0.1, -0.05) is 6.92 Å². The number of ether oxygens (including phenoxy) is 1. The minimum atomic E-state index is -3.87. The van der Waals surface area contributed by atoms with E-state index in [-0.39, 0.29) is 53.9 Å². The van der Waals surface area contributed by atoms with E-state index >= 15 is 0 Å². The number of nitrogens with zero attached hydrogens (tertiary/aromatic N) is 4. The molecule has 13 heteroatoms. The molecule has 37 heavy (non-hydrogen) atoms. The van der Waals surface area contributed by atoms with Crippen LogP contribution in [0.2, 0.25) is 0 Å².